The highest BCUT2D eigenvalue weighted by molar-refractivity contribution is 5.77. The lowest BCUT2D eigenvalue weighted by Crippen LogP contribution is -2.24. The standard InChI is InChI=1S/C23H23FN6O/c1-14(2)29-22(31)18-13-26-23(27-17-8-7-15-9-10-25-12-16(15)11-17)28-21(18)30(29)20-6-4-3-5-19(20)24/h3-8,11,13-14,25H,9-10,12H2,1-2H3,(H,26,27,28). The van der Waals surface area contributed by atoms with Gasteiger partial charge in [-0.3, -0.25) is 4.79 Å². The number of hydrogen-bond donors (Lipinski definition) is 2. The highest BCUT2D eigenvalue weighted by atomic mass is 19.1. The van der Waals surface area contributed by atoms with Crippen LogP contribution in [0.4, 0.5) is 16.0 Å². The van der Waals surface area contributed by atoms with Gasteiger partial charge in [0, 0.05) is 24.5 Å². The molecule has 7 nitrogen and oxygen atoms in total. The number of anilines is 2. The number of nitrogens with one attached hydrogen (secondary N) is 2. The van der Waals surface area contributed by atoms with Crippen LogP contribution in [0.5, 0.6) is 0 Å². The largest absolute Gasteiger partial charge is 0.324 e. The molecule has 1 aliphatic heterocycles. The first kappa shape index (κ1) is 19.4. The zero-order valence-corrected chi connectivity index (χ0v) is 17.4. The van der Waals surface area contributed by atoms with Crippen molar-refractivity contribution in [1.29, 1.82) is 0 Å². The third-order valence-electron chi connectivity index (χ3n) is 5.54. The van der Waals surface area contributed by atoms with E-state index in [9.17, 15) is 9.18 Å². The summed E-state index contributed by atoms with van der Waals surface area (Å²) in [4.78, 5) is 22.0. The minimum Gasteiger partial charge on any atom is -0.324 e. The van der Waals surface area contributed by atoms with Crippen molar-refractivity contribution < 1.29 is 4.39 Å². The van der Waals surface area contributed by atoms with Crippen molar-refractivity contribution in [3.63, 3.8) is 0 Å². The molecule has 158 valence electrons. The maximum Gasteiger partial charge on any atom is 0.278 e. The molecule has 2 aromatic heterocycles. The Morgan fingerprint density at radius 2 is 2.00 bits per heavy atom. The van der Waals surface area contributed by atoms with Gasteiger partial charge in [-0.2, -0.15) is 4.98 Å². The lowest BCUT2D eigenvalue weighted by atomic mass is 10.0. The van der Waals surface area contributed by atoms with Crippen molar-refractivity contribution in [3.05, 3.63) is 76.0 Å². The fraction of sp³-hybridized carbons (Fsp3) is 0.261. The van der Waals surface area contributed by atoms with Crippen LogP contribution >= 0.6 is 0 Å². The van der Waals surface area contributed by atoms with E-state index in [1.165, 1.54) is 28.1 Å². The van der Waals surface area contributed by atoms with E-state index in [2.05, 4.69) is 32.7 Å². The molecule has 0 amide bonds. The first-order valence-corrected chi connectivity index (χ1v) is 10.4. The second kappa shape index (κ2) is 7.63. The van der Waals surface area contributed by atoms with E-state index >= 15 is 0 Å². The molecule has 2 N–H and O–H groups in total. The molecular weight excluding hydrogens is 395 g/mol. The quantitative estimate of drug-likeness (QED) is 0.529. The fourth-order valence-electron chi connectivity index (χ4n) is 4.07. The third-order valence-corrected chi connectivity index (χ3v) is 5.54. The number of hydrogen-bond acceptors (Lipinski definition) is 5. The van der Waals surface area contributed by atoms with Crippen molar-refractivity contribution in [2.45, 2.75) is 32.9 Å². The Morgan fingerprint density at radius 3 is 2.81 bits per heavy atom. The summed E-state index contributed by atoms with van der Waals surface area (Å²) in [6.07, 6.45) is 2.51. The predicted molar refractivity (Wildman–Crippen MR) is 119 cm³/mol. The number of halogens is 1. The number of nitrogens with zero attached hydrogens (tertiary/aromatic N) is 4. The van der Waals surface area contributed by atoms with E-state index in [0.29, 0.717) is 17.0 Å². The highest BCUT2D eigenvalue weighted by Gasteiger charge is 2.21. The molecule has 0 saturated carbocycles. The van der Waals surface area contributed by atoms with Gasteiger partial charge in [-0.1, -0.05) is 18.2 Å². The van der Waals surface area contributed by atoms with Crippen molar-refractivity contribution in [2.24, 2.45) is 0 Å². The number of benzene rings is 2. The van der Waals surface area contributed by atoms with Crippen LogP contribution in [0.2, 0.25) is 0 Å². The maximum absolute atomic E-state index is 14.7. The SMILES string of the molecule is CC(C)n1c(=O)c2cnc(Nc3ccc4c(c3)CNCC4)nc2n1-c1ccccc1F. The predicted octanol–water partition coefficient (Wildman–Crippen LogP) is 3.69. The summed E-state index contributed by atoms with van der Waals surface area (Å²) < 4.78 is 17.7. The Labute approximate surface area is 178 Å². The third kappa shape index (κ3) is 3.38. The Kier molecular flexibility index (Phi) is 4.78. The Hall–Kier alpha value is -3.52. The first-order valence-electron chi connectivity index (χ1n) is 10.4. The van der Waals surface area contributed by atoms with E-state index in [-0.39, 0.29) is 17.3 Å². The van der Waals surface area contributed by atoms with Gasteiger partial charge in [-0.05, 0) is 62.2 Å². The van der Waals surface area contributed by atoms with Crippen LogP contribution in [-0.4, -0.2) is 25.9 Å². The number of fused-ring (bicyclic) bond motifs is 2. The number of para-hydroxylation sites is 1. The van der Waals surface area contributed by atoms with Crippen molar-refractivity contribution >= 4 is 22.7 Å². The van der Waals surface area contributed by atoms with Gasteiger partial charge in [-0.15, -0.1) is 0 Å². The van der Waals surface area contributed by atoms with Crippen LogP contribution in [-0.2, 0) is 13.0 Å². The molecule has 0 saturated heterocycles. The topological polar surface area (TPSA) is 76.8 Å². The Balaban J connectivity index is 1.63. The molecule has 2 aromatic carbocycles. The zero-order valence-electron chi connectivity index (χ0n) is 17.4. The van der Waals surface area contributed by atoms with Gasteiger partial charge in [0.05, 0.1) is 0 Å². The van der Waals surface area contributed by atoms with E-state index in [4.69, 9.17) is 0 Å². The molecule has 0 radical (unpaired) electrons. The van der Waals surface area contributed by atoms with Crippen LogP contribution in [0.1, 0.15) is 31.0 Å². The minimum atomic E-state index is -0.427. The summed E-state index contributed by atoms with van der Waals surface area (Å²) in [5.41, 5.74) is 3.83. The lowest BCUT2D eigenvalue weighted by molar-refractivity contribution is 0.466. The van der Waals surface area contributed by atoms with E-state index in [1.807, 2.05) is 19.9 Å². The molecular formula is C23H23FN6O. The van der Waals surface area contributed by atoms with Gasteiger partial charge in [0.15, 0.2) is 5.65 Å². The number of aromatic nitrogens is 4. The summed E-state index contributed by atoms with van der Waals surface area (Å²) in [5.74, 6) is -0.0775. The normalized spacial score (nSPS) is 13.5. The lowest BCUT2D eigenvalue weighted by Gasteiger charge is -2.18. The molecule has 31 heavy (non-hydrogen) atoms. The van der Waals surface area contributed by atoms with Crippen molar-refractivity contribution in [1.82, 2.24) is 24.6 Å². The van der Waals surface area contributed by atoms with Crippen molar-refractivity contribution in [3.8, 4) is 5.69 Å². The molecule has 4 aromatic rings. The van der Waals surface area contributed by atoms with Crippen LogP contribution in [0.3, 0.4) is 0 Å². The highest BCUT2D eigenvalue weighted by Crippen LogP contribution is 2.24. The molecule has 5 rings (SSSR count). The maximum atomic E-state index is 14.7. The Morgan fingerprint density at radius 1 is 1.16 bits per heavy atom. The second-order valence-corrected chi connectivity index (χ2v) is 7.97. The Bertz CT molecular complexity index is 1340. The monoisotopic (exact) mass is 418 g/mol. The smallest absolute Gasteiger partial charge is 0.278 e. The van der Waals surface area contributed by atoms with Gasteiger partial charge in [0.25, 0.3) is 5.56 Å². The molecule has 0 atom stereocenters. The molecule has 0 unspecified atom stereocenters. The average Bonchev–Trinajstić information content (AvgIpc) is 3.06. The molecule has 0 fully saturated rings. The van der Waals surface area contributed by atoms with Gasteiger partial charge < -0.3 is 10.6 Å². The van der Waals surface area contributed by atoms with Crippen LogP contribution in [0.25, 0.3) is 16.7 Å². The average molecular weight is 418 g/mol. The van der Waals surface area contributed by atoms with Crippen LogP contribution in [0.15, 0.2) is 53.5 Å². The van der Waals surface area contributed by atoms with E-state index < -0.39 is 5.82 Å². The molecule has 3 heterocycles. The minimum absolute atomic E-state index is 0.189. The van der Waals surface area contributed by atoms with Gasteiger partial charge in [0.1, 0.15) is 16.9 Å². The summed E-state index contributed by atoms with van der Waals surface area (Å²) in [5, 5.41) is 6.94. The second-order valence-electron chi connectivity index (χ2n) is 7.97. The van der Waals surface area contributed by atoms with Gasteiger partial charge in [-0.25, -0.2) is 18.7 Å². The first-order chi connectivity index (χ1) is 15.0. The molecule has 8 heteroatoms. The summed E-state index contributed by atoms with van der Waals surface area (Å²) in [7, 11) is 0. The summed E-state index contributed by atoms with van der Waals surface area (Å²) in [6.45, 7) is 5.57. The summed E-state index contributed by atoms with van der Waals surface area (Å²) in [6, 6.07) is 12.4. The van der Waals surface area contributed by atoms with Gasteiger partial charge >= 0.3 is 0 Å². The summed E-state index contributed by atoms with van der Waals surface area (Å²) >= 11 is 0. The van der Waals surface area contributed by atoms with E-state index in [1.54, 1.807) is 22.9 Å². The van der Waals surface area contributed by atoms with Crippen molar-refractivity contribution in [2.75, 3.05) is 11.9 Å². The molecule has 0 spiro atoms. The molecule has 0 aliphatic carbocycles. The number of rotatable bonds is 4. The van der Waals surface area contributed by atoms with E-state index in [0.717, 1.165) is 25.2 Å². The zero-order chi connectivity index (χ0) is 21.5. The van der Waals surface area contributed by atoms with Crippen LogP contribution < -0.4 is 16.2 Å². The molecule has 1 aliphatic rings. The molecule has 0 bridgehead atoms. The van der Waals surface area contributed by atoms with Gasteiger partial charge in [0.2, 0.25) is 5.95 Å². The fourth-order valence-corrected chi connectivity index (χ4v) is 4.07. The van der Waals surface area contributed by atoms with Crippen LogP contribution in [0, 0.1) is 5.82 Å².